The van der Waals surface area contributed by atoms with E-state index in [4.69, 9.17) is 4.74 Å². The lowest BCUT2D eigenvalue weighted by Gasteiger charge is -2.62. The van der Waals surface area contributed by atoms with Gasteiger partial charge in [-0.1, -0.05) is 6.07 Å². The molecule has 2 aliphatic carbocycles. The molecule has 1 saturated heterocycles. The number of nitrogens with zero attached hydrogens (tertiary/aromatic N) is 1. The molecule has 0 spiro atoms. The fourth-order valence-electron chi connectivity index (χ4n) is 5.27. The van der Waals surface area contributed by atoms with E-state index in [9.17, 15) is 15.0 Å². The van der Waals surface area contributed by atoms with E-state index in [0.717, 1.165) is 17.7 Å². The van der Waals surface area contributed by atoms with Crippen molar-refractivity contribution in [2.45, 2.75) is 49.2 Å². The van der Waals surface area contributed by atoms with E-state index >= 15 is 0 Å². The number of ketones is 1. The molecule has 1 heterocycles. The van der Waals surface area contributed by atoms with Crippen LogP contribution in [0.3, 0.4) is 0 Å². The Morgan fingerprint density at radius 1 is 1.35 bits per heavy atom. The molecule has 23 heavy (non-hydrogen) atoms. The first-order valence-electron chi connectivity index (χ1n) is 8.26. The lowest BCUT2D eigenvalue weighted by atomic mass is 9.49. The number of hydrogen-bond acceptors (Lipinski definition) is 5. The van der Waals surface area contributed by atoms with Gasteiger partial charge in [-0.3, -0.25) is 4.79 Å². The van der Waals surface area contributed by atoms with Crippen LogP contribution < -0.4 is 4.74 Å². The van der Waals surface area contributed by atoms with Crippen LogP contribution >= 0.6 is 0 Å². The van der Waals surface area contributed by atoms with Gasteiger partial charge in [0, 0.05) is 29.9 Å². The maximum Gasteiger partial charge on any atom is 0.161 e. The standard InChI is InChI=1S/C18H23NO4/c1-19-8-7-17-10-12(20)5-6-18(17,22)14(19)9-11-3-4-13(23-2)16(21)15(11)17/h3-4,14,21-22H,5-10H2,1-2H3. The monoisotopic (exact) mass is 317 g/mol. The zero-order valence-corrected chi connectivity index (χ0v) is 13.6. The van der Waals surface area contributed by atoms with Gasteiger partial charge < -0.3 is 19.8 Å². The number of rotatable bonds is 1. The second-order valence-corrected chi connectivity index (χ2v) is 7.32. The molecular formula is C18H23NO4. The lowest BCUT2D eigenvalue weighted by molar-refractivity contribution is -0.169. The Hall–Kier alpha value is -1.59. The van der Waals surface area contributed by atoms with Crippen LogP contribution in [0.1, 0.15) is 36.8 Å². The highest BCUT2D eigenvalue weighted by Gasteiger charge is 2.65. The normalized spacial score (nSPS) is 36.3. The summed E-state index contributed by atoms with van der Waals surface area (Å²) in [7, 11) is 3.56. The van der Waals surface area contributed by atoms with E-state index in [1.54, 1.807) is 6.07 Å². The fraction of sp³-hybridized carbons (Fsp3) is 0.611. The summed E-state index contributed by atoms with van der Waals surface area (Å²) < 4.78 is 5.28. The Morgan fingerprint density at radius 2 is 2.13 bits per heavy atom. The Balaban J connectivity index is 2.01. The fourth-order valence-corrected chi connectivity index (χ4v) is 5.27. The minimum Gasteiger partial charge on any atom is -0.504 e. The van der Waals surface area contributed by atoms with Gasteiger partial charge in [0.2, 0.25) is 0 Å². The number of piperidine rings is 1. The molecule has 0 radical (unpaired) electrons. The third-order valence-corrected chi connectivity index (χ3v) is 6.43. The zero-order chi connectivity index (χ0) is 16.4. The summed E-state index contributed by atoms with van der Waals surface area (Å²) in [5, 5.41) is 22.4. The molecule has 5 nitrogen and oxygen atoms in total. The Morgan fingerprint density at radius 3 is 2.87 bits per heavy atom. The van der Waals surface area contributed by atoms with Crippen molar-refractivity contribution in [2.24, 2.45) is 0 Å². The van der Waals surface area contributed by atoms with Gasteiger partial charge in [-0.15, -0.1) is 0 Å². The number of aliphatic hydroxyl groups is 1. The maximum atomic E-state index is 12.3. The highest BCUT2D eigenvalue weighted by atomic mass is 16.5. The molecule has 2 N–H and O–H groups in total. The van der Waals surface area contributed by atoms with E-state index in [1.807, 2.05) is 13.1 Å². The summed E-state index contributed by atoms with van der Waals surface area (Å²) in [6.07, 6.45) is 2.56. The molecule has 3 unspecified atom stereocenters. The van der Waals surface area contributed by atoms with Gasteiger partial charge in [0.1, 0.15) is 5.78 Å². The van der Waals surface area contributed by atoms with Crippen LogP contribution in [-0.2, 0) is 16.6 Å². The number of carbonyl (C=O) groups excluding carboxylic acids is 1. The molecule has 0 aromatic heterocycles. The number of hydrogen-bond donors (Lipinski definition) is 2. The number of likely N-dealkylation sites (N-methyl/N-ethyl adjacent to an activating group) is 1. The minimum absolute atomic E-state index is 0.00959. The number of fused-ring (bicyclic) bond motifs is 1. The molecule has 5 heteroatoms. The van der Waals surface area contributed by atoms with Gasteiger partial charge in [-0.25, -0.2) is 0 Å². The van der Waals surface area contributed by atoms with E-state index in [1.165, 1.54) is 7.11 Å². The van der Waals surface area contributed by atoms with Crippen molar-refractivity contribution in [3.8, 4) is 11.5 Å². The number of aromatic hydroxyl groups is 1. The summed E-state index contributed by atoms with van der Waals surface area (Å²) >= 11 is 0. The Kier molecular flexibility index (Phi) is 3.06. The van der Waals surface area contributed by atoms with E-state index < -0.39 is 11.0 Å². The summed E-state index contributed by atoms with van der Waals surface area (Å²) in [4.78, 5) is 14.5. The van der Waals surface area contributed by atoms with Gasteiger partial charge in [0.15, 0.2) is 11.5 Å². The van der Waals surface area contributed by atoms with Crippen LogP contribution in [0, 0.1) is 0 Å². The van der Waals surface area contributed by atoms with Crippen molar-refractivity contribution in [1.82, 2.24) is 4.90 Å². The molecular weight excluding hydrogens is 294 g/mol. The third-order valence-electron chi connectivity index (χ3n) is 6.43. The number of phenols is 1. The van der Waals surface area contributed by atoms with Gasteiger partial charge in [-0.05, 0) is 44.5 Å². The van der Waals surface area contributed by atoms with Gasteiger partial charge >= 0.3 is 0 Å². The number of ether oxygens (including phenoxy) is 1. The van der Waals surface area contributed by atoms with Gasteiger partial charge in [0.25, 0.3) is 0 Å². The van der Waals surface area contributed by atoms with Crippen LogP contribution in [0.15, 0.2) is 12.1 Å². The summed E-state index contributed by atoms with van der Waals surface area (Å²) in [6.45, 7) is 0.816. The summed E-state index contributed by atoms with van der Waals surface area (Å²) in [5.74, 6) is 0.685. The van der Waals surface area contributed by atoms with Crippen molar-refractivity contribution in [3.05, 3.63) is 23.3 Å². The molecule has 2 fully saturated rings. The molecule has 0 amide bonds. The maximum absolute atomic E-state index is 12.3. The van der Waals surface area contributed by atoms with Crippen molar-refractivity contribution in [1.29, 1.82) is 0 Å². The molecule has 2 bridgehead atoms. The largest absolute Gasteiger partial charge is 0.504 e. The topological polar surface area (TPSA) is 70.0 Å². The second-order valence-electron chi connectivity index (χ2n) is 7.32. The number of phenolic OH excluding ortho intramolecular Hbond substituents is 1. The molecule has 3 atom stereocenters. The Labute approximate surface area is 135 Å². The number of benzene rings is 1. The van der Waals surface area contributed by atoms with Crippen LogP contribution in [0.4, 0.5) is 0 Å². The van der Waals surface area contributed by atoms with E-state index in [0.29, 0.717) is 37.9 Å². The number of carbonyl (C=O) groups is 1. The second kappa shape index (κ2) is 4.71. The first-order chi connectivity index (χ1) is 10.9. The highest BCUT2D eigenvalue weighted by molar-refractivity contribution is 5.83. The van der Waals surface area contributed by atoms with Crippen molar-refractivity contribution in [2.75, 3.05) is 20.7 Å². The van der Waals surface area contributed by atoms with Crippen molar-refractivity contribution >= 4 is 5.78 Å². The minimum atomic E-state index is -0.968. The molecule has 4 rings (SSSR count). The average Bonchev–Trinajstić information content (AvgIpc) is 2.52. The van der Waals surface area contributed by atoms with Crippen molar-refractivity contribution < 1.29 is 19.7 Å². The highest BCUT2D eigenvalue weighted by Crippen LogP contribution is 2.60. The third kappa shape index (κ3) is 1.72. The van der Waals surface area contributed by atoms with Crippen molar-refractivity contribution in [3.63, 3.8) is 0 Å². The first kappa shape index (κ1) is 15.0. The van der Waals surface area contributed by atoms with Crippen LogP contribution in [0.25, 0.3) is 0 Å². The lowest BCUT2D eigenvalue weighted by Crippen LogP contribution is -2.72. The quantitative estimate of drug-likeness (QED) is 0.819. The zero-order valence-electron chi connectivity index (χ0n) is 13.6. The predicted octanol–water partition coefficient (Wildman–Crippen LogP) is 1.38. The summed E-state index contributed by atoms with van der Waals surface area (Å²) in [6, 6.07) is 3.74. The molecule has 1 saturated carbocycles. The van der Waals surface area contributed by atoms with Crippen LogP contribution in [-0.4, -0.2) is 53.2 Å². The molecule has 1 aromatic rings. The molecule has 124 valence electrons. The van der Waals surface area contributed by atoms with E-state index in [-0.39, 0.29) is 17.6 Å². The number of methoxy groups -OCH3 is 1. The number of Topliss-reactive ketones (excluding diaryl/α,β-unsaturated/α-hetero) is 1. The smallest absolute Gasteiger partial charge is 0.161 e. The van der Waals surface area contributed by atoms with Crippen LogP contribution in [0.5, 0.6) is 11.5 Å². The average molecular weight is 317 g/mol. The van der Waals surface area contributed by atoms with E-state index in [2.05, 4.69) is 4.90 Å². The van der Waals surface area contributed by atoms with Gasteiger partial charge in [-0.2, -0.15) is 0 Å². The number of likely N-dealkylation sites (tertiary alicyclic amines) is 1. The summed E-state index contributed by atoms with van der Waals surface area (Å²) in [5.41, 5.74) is 0.118. The molecule has 1 aliphatic heterocycles. The van der Waals surface area contributed by atoms with Gasteiger partial charge in [0.05, 0.1) is 12.7 Å². The SMILES string of the molecule is COc1ccc2c(c1O)C13CCN(C)C(C2)C1(O)CCC(=O)C3. The predicted molar refractivity (Wildman–Crippen MR) is 84.9 cm³/mol. The van der Waals surface area contributed by atoms with Crippen LogP contribution in [0.2, 0.25) is 0 Å². The molecule has 1 aromatic carbocycles. The molecule has 3 aliphatic rings. The Bertz CT molecular complexity index is 688. The first-order valence-corrected chi connectivity index (χ1v) is 8.26.